The average Bonchev–Trinajstić information content (AvgIpc) is 3.17. The number of aromatic nitrogens is 3. The van der Waals surface area contributed by atoms with Crippen LogP contribution < -0.4 is 5.32 Å². The molecule has 2 aliphatic rings. The summed E-state index contributed by atoms with van der Waals surface area (Å²) < 4.78 is 0. The molecule has 2 aromatic heterocycles. The van der Waals surface area contributed by atoms with E-state index in [1.54, 1.807) is 0 Å². The van der Waals surface area contributed by atoms with E-state index in [4.69, 9.17) is 0 Å². The van der Waals surface area contributed by atoms with Gasteiger partial charge in [-0.05, 0) is 43.7 Å². The van der Waals surface area contributed by atoms with Gasteiger partial charge >= 0.3 is 0 Å². The minimum Gasteiger partial charge on any atom is -0.367 e. The molecule has 2 heterocycles. The van der Waals surface area contributed by atoms with Crippen LogP contribution in [0.5, 0.6) is 0 Å². The van der Waals surface area contributed by atoms with Gasteiger partial charge < -0.3 is 10.2 Å². The van der Waals surface area contributed by atoms with Gasteiger partial charge in [-0.25, -0.2) is 4.98 Å². The SMILES string of the molecule is CN(CC1=CCCC=C1)C(=O)CCc1[nH]nc2ccnc(NC3CCCCC3)c12. The van der Waals surface area contributed by atoms with Crippen molar-refractivity contribution in [2.45, 2.75) is 63.8 Å². The molecule has 1 amide bonds. The summed E-state index contributed by atoms with van der Waals surface area (Å²) >= 11 is 0. The first-order chi connectivity index (χ1) is 14.2. The number of carbonyl (C=O) groups excluding carboxylic acids is 1. The molecule has 0 atom stereocenters. The van der Waals surface area contributed by atoms with E-state index in [9.17, 15) is 4.79 Å². The summed E-state index contributed by atoms with van der Waals surface area (Å²) in [5.41, 5.74) is 3.12. The van der Waals surface area contributed by atoms with Crippen molar-refractivity contribution in [1.82, 2.24) is 20.1 Å². The molecule has 2 aromatic rings. The second-order valence-corrected chi connectivity index (χ2v) is 8.24. The van der Waals surface area contributed by atoms with Crippen molar-refractivity contribution >= 4 is 22.6 Å². The number of hydrogen-bond donors (Lipinski definition) is 2. The van der Waals surface area contributed by atoms with E-state index in [-0.39, 0.29) is 5.91 Å². The highest BCUT2D eigenvalue weighted by Gasteiger charge is 2.18. The number of allylic oxidation sites excluding steroid dienone is 2. The van der Waals surface area contributed by atoms with Crippen molar-refractivity contribution in [2.24, 2.45) is 0 Å². The quantitative estimate of drug-likeness (QED) is 0.732. The van der Waals surface area contributed by atoms with Gasteiger partial charge in [0.1, 0.15) is 5.82 Å². The molecule has 2 N–H and O–H groups in total. The van der Waals surface area contributed by atoms with Gasteiger partial charge in [0.05, 0.1) is 10.9 Å². The maximum atomic E-state index is 12.7. The summed E-state index contributed by atoms with van der Waals surface area (Å²) in [6, 6.07) is 2.41. The Bertz CT molecular complexity index is 907. The summed E-state index contributed by atoms with van der Waals surface area (Å²) in [7, 11) is 1.88. The van der Waals surface area contributed by atoms with Crippen molar-refractivity contribution in [3.05, 3.63) is 41.8 Å². The predicted octanol–water partition coefficient (Wildman–Crippen LogP) is 4.37. The molecule has 0 aliphatic heterocycles. The number of carbonyl (C=O) groups is 1. The summed E-state index contributed by atoms with van der Waals surface area (Å²) in [6.45, 7) is 0.676. The Morgan fingerprint density at radius 3 is 2.93 bits per heavy atom. The monoisotopic (exact) mass is 393 g/mol. The third kappa shape index (κ3) is 4.86. The van der Waals surface area contributed by atoms with Gasteiger partial charge in [0.15, 0.2) is 0 Å². The molecule has 6 heteroatoms. The molecule has 29 heavy (non-hydrogen) atoms. The molecule has 0 aromatic carbocycles. The number of pyridine rings is 1. The fourth-order valence-electron chi connectivity index (χ4n) is 4.33. The van der Waals surface area contributed by atoms with E-state index < -0.39 is 0 Å². The molecule has 1 saturated carbocycles. The van der Waals surface area contributed by atoms with Crippen LogP contribution in [-0.4, -0.2) is 45.6 Å². The van der Waals surface area contributed by atoms with E-state index in [1.807, 2.05) is 24.2 Å². The Morgan fingerprint density at radius 1 is 1.28 bits per heavy atom. The first-order valence-electron chi connectivity index (χ1n) is 10.9. The van der Waals surface area contributed by atoms with E-state index in [1.165, 1.54) is 37.7 Å². The van der Waals surface area contributed by atoms with Crippen LogP contribution in [0.3, 0.4) is 0 Å². The minimum atomic E-state index is 0.151. The zero-order valence-electron chi connectivity index (χ0n) is 17.3. The fraction of sp³-hybridized carbons (Fsp3) is 0.522. The Hall–Kier alpha value is -2.63. The van der Waals surface area contributed by atoms with Crippen molar-refractivity contribution in [3.63, 3.8) is 0 Å². The summed E-state index contributed by atoms with van der Waals surface area (Å²) in [5, 5.41) is 12.3. The Labute approximate surface area is 172 Å². The molecule has 0 radical (unpaired) electrons. The highest BCUT2D eigenvalue weighted by atomic mass is 16.2. The van der Waals surface area contributed by atoms with Gasteiger partial charge in [-0.2, -0.15) is 5.10 Å². The molecule has 0 unspecified atom stereocenters. The van der Waals surface area contributed by atoms with Crippen LogP contribution >= 0.6 is 0 Å². The second kappa shape index (κ2) is 9.25. The molecule has 0 bridgehead atoms. The number of likely N-dealkylation sites (N-methyl/N-ethyl adjacent to an activating group) is 1. The number of rotatable bonds is 7. The Kier molecular flexibility index (Phi) is 6.27. The number of aromatic amines is 1. The number of hydrogen-bond acceptors (Lipinski definition) is 4. The normalized spacial score (nSPS) is 17.3. The second-order valence-electron chi connectivity index (χ2n) is 8.24. The number of fused-ring (bicyclic) bond motifs is 1. The third-order valence-corrected chi connectivity index (χ3v) is 5.99. The lowest BCUT2D eigenvalue weighted by atomic mass is 9.95. The van der Waals surface area contributed by atoms with Gasteiger partial charge in [0, 0.05) is 37.9 Å². The van der Waals surface area contributed by atoms with Crippen LogP contribution in [0, 0.1) is 0 Å². The molecule has 154 valence electrons. The molecule has 0 saturated heterocycles. The summed E-state index contributed by atoms with van der Waals surface area (Å²) in [4.78, 5) is 19.1. The average molecular weight is 394 g/mol. The highest BCUT2D eigenvalue weighted by molar-refractivity contribution is 5.92. The smallest absolute Gasteiger partial charge is 0.223 e. The number of anilines is 1. The topological polar surface area (TPSA) is 73.9 Å². The molecular formula is C23H31N5O. The molecular weight excluding hydrogens is 362 g/mol. The van der Waals surface area contributed by atoms with Crippen LogP contribution in [0.4, 0.5) is 5.82 Å². The van der Waals surface area contributed by atoms with Crippen molar-refractivity contribution in [3.8, 4) is 0 Å². The van der Waals surface area contributed by atoms with Crippen LogP contribution in [-0.2, 0) is 11.2 Å². The number of nitrogens with zero attached hydrogens (tertiary/aromatic N) is 3. The Balaban J connectivity index is 1.41. The van der Waals surface area contributed by atoms with E-state index in [0.717, 1.165) is 35.3 Å². The van der Waals surface area contributed by atoms with Gasteiger partial charge in [-0.3, -0.25) is 9.89 Å². The summed E-state index contributed by atoms with van der Waals surface area (Å²) in [6.07, 6.45) is 17.9. The van der Waals surface area contributed by atoms with Crippen molar-refractivity contribution in [2.75, 3.05) is 18.9 Å². The Morgan fingerprint density at radius 2 is 2.14 bits per heavy atom. The van der Waals surface area contributed by atoms with Crippen LogP contribution in [0.15, 0.2) is 36.1 Å². The first-order valence-corrected chi connectivity index (χ1v) is 10.9. The zero-order valence-corrected chi connectivity index (χ0v) is 17.3. The van der Waals surface area contributed by atoms with Crippen LogP contribution in [0.25, 0.3) is 10.9 Å². The van der Waals surface area contributed by atoms with Gasteiger partial charge in [0.2, 0.25) is 5.91 Å². The maximum absolute atomic E-state index is 12.7. The lowest BCUT2D eigenvalue weighted by molar-refractivity contribution is -0.129. The molecule has 0 spiro atoms. The number of H-pyrrole nitrogens is 1. The van der Waals surface area contributed by atoms with E-state index in [2.05, 4.69) is 38.7 Å². The number of aryl methyl sites for hydroxylation is 1. The van der Waals surface area contributed by atoms with E-state index >= 15 is 0 Å². The molecule has 4 rings (SSSR count). The van der Waals surface area contributed by atoms with Gasteiger partial charge in [0.25, 0.3) is 0 Å². The minimum absolute atomic E-state index is 0.151. The van der Waals surface area contributed by atoms with E-state index in [0.29, 0.717) is 25.4 Å². The molecule has 1 fully saturated rings. The van der Waals surface area contributed by atoms with Gasteiger partial charge in [-0.15, -0.1) is 0 Å². The third-order valence-electron chi connectivity index (χ3n) is 5.99. The number of amides is 1. The number of nitrogens with one attached hydrogen (secondary N) is 2. The van der Waals surface area contributed by atoms with Gasteiger partial charge in [-0.1, -0.05) is 37.5 Å². The fourth-order valence-corrected chi connectivity index (χ4v) is 4.33. The predicted molar refractivity (Wildman–Crippen MR) is 117 cm³/mol. The molecule has 2 aliphatic carbocycles. The van der Waals surface area contributed by atoms with Crippen LogP contribution in [0.2, 0.25) is 0 Å². The summed E-state index contributed by atoms with van der Waals surface area (Å²) in [5.74, 6) is 1.05. The van der Waals surface area contributed by atoms with Crippen molar-refractivity contribution in [1.29, 1.82) is 0 Å². The highest BCUT2D eigenvalue weighted by Crippen LogP contribution is 2.27. The standard InChI is InChI=1S/C23H31N5O/c1-28(16-17-8-4-2-5-9-17)21(29)13-12-19-22-20(27-26-19)14-15-24-23(22)25-18-10-6-3-7-11-18/h4,8-9,14-15,18H,2-3,5-7,10-13,16H2,1H3,(H,24,25)(H,26,27). The lowest BCUT2D eigenvalue weighted by Gasteiger charge is -2.23. The molecule has 6 nitrogen and oxygen atoms in total. The maximum Gasteiger partial charge on any atom is 0.223 e. The lowest BCUT2D eigenvalue weighted by Crippen LogP contribution is -2.29. The zero-order chi connectivity index (χ0) is 20.1. The first kappa shape index (κ1) is 19.7. The van der Waals surface area contributed by atoms with Crippen molar-refractivity contribution < 1.29 is 4.79 Å². The van der Waals surface area contributed by atoms with Crippen LogP contribution in [0.1, 0.15) is 57.1 Å². The largest absolute Gasteiger partial charge is 0.367 e.